The summed E-state index contributed by atoms with van der Waals surface area (Å²) in [7, 11) is 0. The number of ether oxygens (including phenoxy) is 1. The van der Waals surface area contributed by atoms with E-state index in [0.29, 0.717) is 17.3 Å². The van der Waals surface area contributed by atoms with Gasteiger partial charge in [-0.2, -0.15) is 5.10 Å². The third kappa shape index (κ3) is 2.52. The van der Waals surface area contributed by atoms with Gasteiger partial charge in [0.05, 0.1) is 0 Å². The van der Waals surface area contributed by atoms with Gasteiger partial charge in [-0.15, -0.1) is 0 Å². The second-order valence-corrected chi connectivity index (χ2v) is 5.93. The van der Waals surface area contributed by atoms with Crippen LogP contribution in [0, 0.1) is 5.82 Å². The average molecular weight is 330 g/mol. The number of nitrogens with one attached hydrogen (secondary N) is 1. The number of rotatable bonds is 4. The minimum absolute atomic E-state index is 0.202. The lowest BCUT2D eigenvalue weighted by molar-refractivity contribution is 0.291. The van der Waals surface area contributed by atoms with Crippen molar-refractivity contribution in [2.75, 3.05) is 0 Å². The van der Waals surface area contributed by atoms with E-state index in [2.05, 4.69) is 15.2 Å². The molecule has 3 aromatic rings. The molecule has 1 aliphatic heterocycles. The van der Waals surface area contributed by atoms with Crippen molar-refractivity contribution in [1.29, 1.82) is 0 Å². The maximum atomic E-state index is 13.3. The number of hydrogen-bond donors (Lipinski definition) is 1. The largest absolute Gasteiger partial charge is 0.355 e. The monoisotopic (exact) mass is 329 g/mol. The predicted molar refractivity (Wildman–Crippen MR) is 83.4 cm³/mol. The molecular formula is C17H13ClFN3O. The van der Waals surface area contributed by atoms with E-state index in [4.69, 9.17) is 16.3 Å². The minimum Gasteiger partial charge on any atom is -0.355 e. The zero-order chi connectivity index (χ0) is 15.9. The Kier molecular flexibility index (Phi) is 3.39. The van der Waals surface area contributed by atoms with Gasteiger partial charge in [0.2, 0.25) is 0 Å². The van der Waals surface area contributed by atoms with Crippen molar-refractivity contribution in [2.45, 2.75) is 18.1 Å². The third-order valence-electron chi connectivity index (χ3n) is 4.11. The summed E-state index contributed by atoms with van der Waals surface area (Å²) in [6, 6.07) is 13.9. The average Bonchev–Trinajstić information content (AvgIpc) is 3.02. The number of hydrogen-bond acceptors (Lipinski definition) is 3. The van der Waals surface area contributed by atoms with Crippen LogP contribution in [0.4, 0.5) is 4.39 Å². The smallest absolute Gasteiger partial charge is 0.137 e. The number of epoxide rings is 1. The first-order valence-electron chi connectivity index (χ1n) is 7.21. The van der Waals surface area contributed by atoms with Crippen molar-refractivity contribution in [3.63, 3.8) is 0 Å². The van der Waals surface area contributed by atoms with Crippen LogP contribution in [0.25, 0.3) is 0 Å². The number of nitrogens with zero attached hydrogens (tertiary/aromatic N) is 2. The van der Waals surface area contributed by atoms with Gasteiger partial charge in [-0.05, 0) is 23.8 Å². The molecule has 23 heavy (non-hydrogen) atoms. The molecule has 1 fully saturated rings. The number of benzene rings is 2. The zero-order valence-electron chi connectivity index (χ0n) is 12.0. The molecular weight excluding hydrogens is 317 g/mol. The molecule has 1 aromatic heterocycles. The summed E-state index contributed by atoms with van der Waals surface area (Å²) in [5.74, 6) is 0.433. The highest BCUT2D eigenvalue weighted by Crippen LogP contribution is 2.59. The molecule has 0 spiro atoms. The lowest BCUT2D eigenvalue weighted by Gasteiger charge is -2.13. The van der Waals surface area contributed by atoms with Crippen molar-refractivity contribution in [1.82, 2.24) is 15.2 Å². The Bertz CT molecular complexity index is 822. The van der Waals surface area contributed by atoms with Gasteiger partial charge in [-0.1, -0.05) is 41.9 Å². The summed E-state index contributed by atoms with van der Waals surface area (Å²) in [5, 5.41) is 7.38. The molecule has 1 N–H and O–H groups in total. The summed E-state index contributed by atoms with van der Waals surface area (Å²) >= 11 is 6.31. The predicted octanol–water partition coefficient (Wildman–Crippen LogP) is 3.81. The Labute approximate surface area is 137 Å². The van der Waals surface area contributed by atoms with Gasteiger partial charge in [0.1, 0.15) is 29.7 Å². The molecule has 1 saturated heterocycles. The fourth-order valence-corrected chi connectivity index (χ4v) is 3.17. The number of halogens is 2. The minimum atomic E-state index is -0.613. The van der Waals surface area contributed by atoms with E-state index >= 15 is 0 Å². The Morgan fingerprint density at radius 1 is 1.17 bits per heavy atom. The Balaban J connectivity index is 1.74. The second-order valence-electron chi connectivity index (χ2n) is 5.52. The molecule has 0 saturated carbocycles. The molecule has 0 aliphatic carbocycles. The van der Waals surface area contributed by atoms with Gasteiger partial charge in [0.15, 0.2) is 0 Å². The van der Waals surface area contributed by atoms with Crippen LogP contribution in [-0.2, 0) is 16.8 Å². The standard InChI is InChI=1S/C17H13ClFN3O/c18-14-4-2-1-3-13(14)16-17(23-16,9-15-20-10-21-22-15)11-5-7-12(19)8-6-11/h1-8,10,16H,9H2,(H,20,21,22)/t16-,17-/m0/s1. The topological polar surface area (TPSA) is 54.1 Å². The number of H-pyrrole nitrogens is 1. The van der Waals surface area contributed by atoms with Crippen LogP contribution in [0.1, 0.15) is 23.1 Å². The lowest BCUT2D eigenvalue weighted by atomic mass is 9.88. The van der Waals surface area contributed by atoms with Crippen LogP contribution < -0.4 is 0 Å². The van der Waals surface area contributed by atoms with E-state index in [1.807, 2.05) is 24.3 Å². The van der Waals surface area contributed by atoms with Crippen molar-refractivity contribution < 1.29 is 9.13 Å². The Morgan fingerprint density at radius 2 is 1.96 bits per heavy atom. The Hall–Kier alpha value is -2.24. The summed E-state index contributed by atoms with van der Waals surface area (Å²) in [4.78, 5) is 4.18. The molecule has 0 amide bonds. The van der Waals surface area contributed by atoms with Crippen molar-refractivity contribution in [3.8, 4) is 0 Å². The first kappa shape index (κ1) is 14.4. The summed E-state index contributed by atoms with van der Waals surface area (Å²) < 4.78 is 19.3. The molecule has 4 rings (SSSR count). The van der Waals surface area contributed by atoms with Gasteiger partial charge >= 0.3 is 0 Å². The lowest BCUT2D eigenvalue weighted by Crippen LogP contribution is -2.15. The third-order valence-corrected chi connectivity index (χ3v) is 4.45. The second kappa shape index (κ2) is 5.44. The van der Waals surface area contributed by atoms with Gasteiger partial charge in [-0.25, -0.2) is 9.37 Å². The molecule has 2 aromatic carbocycles. The highest BCUT2D eigenvalue weighted by molar-refractivity contribution is 6.31. The quantitative estimate of drug-likeness (QED) is 0.741. The molecule has 6 heteroatoms. The van der Waals surface area contributed by atoms with E-state index in [1.165, 1.54) is 18.5 Å². The van der Waals surface area contributed by atoms with Gasteiger partial charge in [0, 0.05) is 17.0 Å². The number of aromatic nitrogens is 3. The van der Waals surface area contributed by atoms with Crippen molar-refractivity contribution in [2.24, 2.45) is 0 Å². The fourth-order valence-electron chi connectivity index (χ4n) is 2.93. The molecule has 116 valence electrons. The molecule has 0 bridgehead atoms. The zero-order valence-corrected chi connectivity index (χ0v) is 12.8. The molecule has 2 atom stereocenters. The normalized spacial score (nSPS) is 23.0. The van der Waals surface area contributed by atoms with Crippen LogP contribution in [0.2, 0.25) is 5.02 Å². The fraction of sp³-hybridized carbons (Fsp3) is 0.176. The SMILES string of the molecule is Fc1ccc([C@]2(Cc3ncn[nH]3)O[C@H]2c2ccccc2Cl)cc1. The highest BCUT2D eigenvalue weighted by Gasteiger charge is 2.59. The molecule has 0 unspecified atom stereocenters. The molecule has 2 heterocycles. The summed E-state index contributed by atoms with van der Waals surface area (Å²) in [6.07, 6.45) is 1.77. The molecule has 1 aliphatic rings. The van der Waals surface area contributed by atoms with Crippen LogP contribution >= 0.6 is 11.6 Å². The molecule has 4 nitrogen and oxygen atoms in total. The Morgan fingerprint density at radius 3 is 2.65 bits per heavy atom. The van der Waals surface area contributed by atoms with Gasteiger partial charge in [0.25, 0.3) is 0 Å². The summed E-state index contributed by atoms with van der Waals surface area (Å²) in [6.45, 7) is 0. The van der Waals surface area contributed by atoms with E-state index in [1.54, 1.807) is 12.1 Å². The van der Waals surface area contributed by atoms with E-state index in [9.17, 15) is 4.39 Å². The van der Waals surface area contributed by atoms with Crippen molar-refractivity contribution in [3.05, 3.63) is 82.6 Å². The highest BCUT2D eigenvalue weighted by atomic mass is 35.5. The first-order chi connectivity index (χ1) is 11.2. The first-order valence-corrected chi connectivity index (χ1v) is 7.59. The maximum Gasteiger partial charge on any atom is 0.137 e. The molecule has 0 radical (unpaired) electrons. The van der Waals surface area contributed by atoms with Crippen LogP contribution in [0.15, 0.2) is 54.9 Å². The van der Waals surface area contributed by atoms with Crippen LogP contribution in [0.3, 0.4) is 0 Å². The van der Waals surface area contributed by atoms with Crippen LogP contribution in [-0.4, -0.2) is 15.2 Å². The van der Waals surface area contributed by atoms with E-state index < -0.39 is 5.60 Å². The van der Waals surface area contributed by atoms with Gasteiger partial charge < -0.3 is 4.74 Å². The number of aromatic amines is 1. The van der Waals surface area contributed by atoms with Crippen LogP contribution in [0.5, 0.6) is 0 Å². The van der Waals surface area contributed by atoms with E-state index in [-0.39, 0.29) is 11.9 Å². The van der Waals surface area contributed by atoms with Gasteiger partial charge in [-0.3, -0.25) is 5.10 Å². The van der Waals surface area contributed by atoms with Crippen molar-refractivity contribution >= 4 is 11.6 Å². The van der Waals surface area contributed by atoms with E-state index in [0.717, 1.165) is 11.1 Å². The maximum absolute atomic E-state index is 13.3. The summed E-state index contributed by atoms with van der Waals surface area (Å²) in [5.41, 5.74) is 1.19.